The average Bonchev–Trinajstić information content (AvgIpc) is 2.92. The highest BCUT2D eigenvalue weighted by Gasteiger charge is 2.41. The van der Waals surface area contributed by atoms with Gasteiger partial charge in [-0.25, -0.2) is 4.98 Å². The van der Waals surface area contributed by atoms with E-state index in [9.17, 15) is 18.0 Å². The van der Waals surface area contributed by atoms with E-state index >= 15 is 0 Å². The average molecular weight is 349 g/mol. The topological polar surface area (TPSA) is 36.4 Å². The summed E-state index contributed by atoms with van der Waals surface area (Å²) in [7, 11) is 0. The van der Waals surface area contributed by atoms with Crippen molar-refractivity contribution < 1.29 is 18.0 Å². The number of carbonyl (C=O) groups excluding carboxylic acids is 1. The molecule has 1 saturated heterocycles. The molecule has 4 nitrogen and oxygen atoms in total. The molecule has 1 aromatic heterocycles. The molecule has 0 radical (unpaired) electrons. The van der Waals surface area contributed by atoms with Crippen LogP contribution in [0.4, 0.5) is 13.2 Å². The molecule has 1 amide bonds. The van der Waals surface area contributed by atoms with Gasteiger partial charge in [-0.1, -0.05) is 13.8 Å². The molecule has 8 heteroatoms. The van der Waals surface area contributed by atoms with Gasteiger partial charge in [0.15, 0.2) is 0 Å². The minimum absolute atomic E-state index is 0.185. The van der Waals surface area contributed by atoms with Gasteiger partial charge in [-0.15, -0.1) is 11.3 Å². The normalized spacial score (nSPS) is 18.5. The van der Waals surface area contributed by atoms with Crippen LogP contribution >= 0.6 is 11.3 Å². The lowest BCUT2D eigenvalue weighted by molar-refractivity contribution is -0.181. The van der Waals surface area contributed by atoms with E-state index in [1.165, 1.54) is 16.2 Å². The molecule has 1 aromatic rings. The quantitative estimate of drug-likeness (QED) is 0.838. The Morgan fingerprint density at radius 1 is 1.26 bits per heavy atom. The van der Waals surface area contributed by atoms with E-state index in [0.29, 0.717) is 24.7 Å². The van der Waals surface area contributed by atoms with Gasteiger partial charge in [0.1, 0.15) is 11.7 Å². The van der Waals surface area contributed by atoms with E-state index < -0.39 is 12.2 Å². The van der Waals surface area contributed by atoms with Crippen LogP contribution in [0, 0.1) is 5.92 Å². The first kappa shape index (κ1) is 18.2. The zero-order valence-corrected chi connectivity index (χ0v) is 14.4. The van der Waals surface area contributed by atoms with Crippen LogP contribution in [0.25, 0.3) is 0 Å². The fraction of sp³-hybridized carbons (Fsp3) is 0.733. The summed E-state index contributed by atoms with van der Waals surface area (Å²) >= 11 is 1.46. The summed E-state index contributed by atoms with van der Waals surface area (Å²) in [4.78, 5) is 19.7. The zero-order valence-electron chi connectivity index (χ0n) is 13.6. The third kappa shape index (κ3) is 4.67. The Hall–Kier alpha value is -1.15. The molecule has 1 aliphatic heterocycles. The highest BCUT2D eigenvalue weighted by Crippen LogP contribution is 2.25. The summed E-state index contributed by atoms with van der Waals surface area (Å²) in [6, 6.07) is -1.48. The Bertz CT molecular complexity index is 536. The number of hydrogen-bond acceptors (Lipinski definition) is 4. The number of rotatable bonds is 4. The maximum atomic E-state index is 12.7. The molecule has 2 heterocycles. The van der Waals surface area contributed by atoms with Gasteiger partial charge in [-0.3, -0.25) is 9.69 Å². The number of aromatic nitrogens is 1. The van der Waals surface area contributed by atoms with Crippen LogP contribution in [0.1, 0.15) is 36.3 Å². The fourth-order valence-corrected chi connectivity index (χ4v) is 3.52. The van der Waals surface area contributed by atoms with E-state index in [1.807, 2.05) is 0 Å². The molecule has 1 atom stereocenters. The van der Waals surface area contributed by atoms with Crippen molar-refractivity contribution in [3.63, 3.8) is 0 Å². The molecule has 0 aromatic carbocycles. The van der Waals surface area contributed by atoms with Crippen molar-refractivity contribution in [2.24, 2.45) is 5.92 Å². The van der Waals surface area contributed by atoms with Crippen LogP contribution in [0.5, 0.6) is 0 Å². The maximum Gasteiger partial charge on any atom is 0.403 e. The molecule has 0 saturated carbocycles. The maximum absolute atomic E-state index is 12.7. The number of halogens is 3. The molecule has 0 aliphatic carbocycles. The standard InChI is InChI=1S/C15H22F3N3OS/c1-10(2)8-13-19-12(9-23-13)14(22)21-6-4-20(5-7-21)11(3)15(16,17)18/h9-11H,4-8H2,1-3H3/t11-/m0/s1. The smallest absolute Gasteiger partial charge is 0.335 e. The van der Waals surface area contributed by atoms with Crippen LogP contribution in [0.3, 0.4) is 0 Å². The van der Waals surface area contributed by atoms with Crippen molar-refractivity contribution >= 4 is 17.2 Å². The zero-order chi connectivity index (χ0) is 17.2. The van der Waals surface area contributed by atoms with Crippen LogP contribution in [-0.2, 0) is 6.42 Å². The molecule has 0 N–H and O–H groups in total. The SMILES string of the molecule is CC(C)Cc1nc(C(=O)N2CCN([C@@H](C)C(F)(F)F)CC2)cs1. The minimum Gasteiger partial charge on any atom is -0.335 e. The van der Waals surface area contributed by atoms with Crippen LogP contribution in [0.2, 0.25) is 0 Å². The third-order valence-corrected chi connectivity index (χ3v) is 4.85. The lowest BCUT2D eigenvalue weighted by Crippen LogP contribution is -2.54. The van der Waals surface area contributed by atoms with Crippen LogP contribution < -0.4 is 0 Å². The minimum atomic E-state index is -4.23. The number of thiazole rings is 1. The molecule has 2 rings (SSSR count). The van der Waals surface area contributed by atoms with Crippen LogP contribution in [0.15, 0.2) is 5.38 Å². The van der Waals surface area contributed by atoms with Gasteiger partial charge in [0.05, 0.1) is 5.01 Å². The van der Waals surface area contributed by atoms with E-state index in [-0.39, 0.29) is 19.0 Å². The number of carbonyl (C=O) groups is 1. The van der Waals surface area contributed by atoms with Gasteiger partial charge in [0, 0.05) is 38.0 Å². The Balaban J connectivity index is 1.92. The number of amides is 1. The lowest BCUT2D eigenvalue weighted by atomic mass is 10.1. The summed E-state index contributed by atoms with van der Waals surface area (Å²) in [6.45, 7) is 6.40. The second kappa shape index (κ2) is 7.17. The second-order valence-corrected chi connectivity index (χ2v) is 7.21. The molecule has 0 spiro atoms. The number of nitrogens with zero attached hydrogens (tertiary/aromatic N) is 3. The number of hydrogen-bond donors (Lipinski definition) is 0. The fourth-order valence-electron chi connectivity index (χ4n) is 2.53. The van der Waals surface area contributed by atoms with Gasteiger partial charge in [-0.05, 0) is 12.8 Å². The Morgan fingerprint density at radius 3 is 2.39 bits per heavy atom. The third-order valence-electron chi connectivity index (χ3n) is 3.98. The lowest BCUT2D eigenvalue weighted by Gasteiger charge is -2.38. The molecular weight excluding hydrogens is 327 g/mol. The Kier molecular flexibility index (Phi) is 5.67. The summed E-state index contributed by atoms with van der Waals surface area (Å²) in [5.41, 5.74) is 0.406. The van der Waals surface area contributed by atoms with Gasteiger partial charge < -0.3 is 4.90 Å². The predicted molar refractivity (Wildman–Crippen MR) is 83.6 cm³/mol. The first-order chi connectivity index (χ1) is 10.7. The van der Waals surface area contributed by atoms with E-state index in [1.54, 1.807) is 10.3 Å². The summed E-state index contributed by atoms with van der Waals surface area (Å²) in [6.07, 6.45) is -3.40. The van der Waals surface area contributed by atoms with E-state index in [2.05, 4.69) is 18.8 Å². The van der Waals surface area contributed by atoms with Gasteiger partial charge in [0.25, 0.3) is 5.91 Å². The highest BCUT2D eigenvalue weighted by molar-refractivity contribution is 7.09. The Labute approximate surface area is 138 Å². The van der Waals surface area contributed by atoms with Crippen LogP contribution in [-0.4, -0.2) is 59.1 Å². The predicted octanol–water partition coefficient (Wildman–Crippen LogP) is 3.05. The summed E-state index contributed by atoms with van der Waals surface area (Å²) in [5.74, 6) is 0.284. The van der Waals surface area contributed by atoms with Crippen molar-refractivity contribution in [1.29, 1.82) is 0 Å². The van der Waals surface area contributed by atoms with Crippen molar-refractivity contribution in [1.82, 2.24) is 14.8 Å². The second-order valence-electron chi connectivity index (χ2n) is 6.27. The van der Waals surface area contributed by atoms with Crippen molar-refractivity contribution in [3.05, 3.63) is 16.1 Å². The number of alkyl halides is 3. The molecule has 0 unspecified atom stereocenters. The monoisotopic (exact) mass is 349 g/mol. The first-order valence-corrected chi connectivity index (χ1v) is 8.61. The van der Waals surface area contributed by atoms with E-state index in [0.717, 1.165) is 18.4 Å². The van der Waals surface area contributed by atoms with Gasteiger partial charge in [-0.2, -0.15) is 13.2 Å². The molecule has 1 aliphatic rings. The van der Waals surface area contributed by atoms with Crippen molar-refractivity contribution in [3.8, 4) is 0 Å². The van der Waals surface area contributed by atoms with E-state index in [4.69, 9.17) is 0 Å². The largest absolute Gasteiger partial charge is 0.403 e. The van der Waals surface area contributed by atoms with Crippen molar-refractivity contribution in [2.75, 3.05) is 26.2 Å². The molecule has 23 heavy (non-hydrogen) atoms. The first-order valence-electron chi connectivity index (χ1n) is 7.73. The summed E-state index contributed by atoms with van der Waals surface area (Å²) in [5, 5.41) is 2.66. The Morgan fingerprint density at radius 2 is 1.87 bits per heavy atom. The van der Waals surface area contributed by atoms with Gasteiger partial charge >= 0.3 is 6.18 Å². The highest BCUT2D eigenvalue weighted by atomic mass is 32.1. The number of piperazine rings is 1. The molecular formula is C15H22F3N3OS. The van der Waals surface area contributed by atoms with Crippen molar-refractivity contribution in [2.45, 2.75) is 39.4 Å². The summed E-state index contributed by atoms with van der Waals surface area (Å²) < 4.78 is 38.2. The molecule has 130 valence electrons. The van der Waals surface area contributed by atoms with Gasteiger partial charge in [0.2, 0.25) is 0 Å². The molecule has 1 fully saturated rings. The molecule has 0 bridgehead atoms.